The minimum absolute atomic E-state index is 0.231. The zero-order valence-corrected chi connectivity index (χ0v) is 25.2. The number of esters is 1. The van der Waals surface area contributed by atoms with Crippen LogP contribution in [0.2, 0.25) is 16.6 Å². The number of aromatic amines is 1. The summed E-state index contributed by atoms with van der Waals surface area (Å²) in [7, 11) is -0.304. The molecular formula is C31H38N4O3Si. The maximum atomic E-state index is 13.5. The number of ether oxygens (including phenoxy) is 1. The highest BCUT2D eigenvalue weighted by Gasteiger charge is 2.47. The van der Waals surface area contributed by atoms with Crippen LogP contribution in [0.4, 0.5) is 0 Å². The second kappa shape index (κ2) is 9.87. The van der Waals surface area contributed by atoms with Crippen molar-refractivity contribution in [3.8, 4) is 22.9 Å². The normalized spacial score (nSPS) is 13.3. The van der Waals surface area contributed by atoms with Crippen molar-refractivity contribution in [1.29, 1.82) is 5.26 Å². The van der Waals surface area contributed by atoms with Gasteiger partial charge in [-0.3, -0.25) is 4.68 Å². The summed E-state index contributed by atoms with van der Waals surface area (Å²) in [4.78, 5) is 17.1. The first-order chi connectivity index (χ1) is 18.5. The van der Waals surface area contributed by atoms with Crippen molar-refractivity contribution in [2.45, 2.75) is 77.9 Å². The molecule has 0 saturated carbocycles. The van der Waals surface area contributed by atoms with Crippen molar-refractivity contribution in [3.05, 3.63) is 46.8 Å². The number of aryl methyl sites for hydroxylation is 3. The smallest absolute Gasteiger partial charge is 0.340 e. The van der Waals surface area contributed by atoms with E-state index in [2.05, 4.69) is 63.8 Å². The van der Waals surface area contributed by atoms with Gasteiger partial charge in [0.15, 0.2) is 0 Å². The molecule has 1 aliphatic carbocycles. The molecule has 5 rings (SSSR count). The lowest BCUT2D eigenvalue weighted by molar-refractivity contribution is 0.0527. The van der Waals surface area contributed by atoms with E-state index >= 15 is 0 Å². The Bertz CT molecular complexity index is 1620. The minimum atomic E-state index is -2.18. The Morgan fingerprint density at radius 1 is 1.15 bits per heavy atom. The van der Waals surface area contributed by atoms with E-state index in [1.165, 1.54) is 0 Å². The number of rotatable bonds is 7. The molecule has 4 aromatic rings. The molecule has 1 aliphatic rings. The number of benzene rings is 2. The van der Waals surface area contributed by atoms with E-state index in [9.17, 15) is 10.1 Å². The van der Waals surface area contributed by atoms with Crippen molar-refractivity contribution in [3.63, 3.8) is 0 Å². The zero-order chi connectivity index (χ0) is 28.2. The van der Waals surface area contributed by atoms with Gasteiger partial charge in [-0.1, -0.05) is 41.5 Å². The minimum Gasteiger partial charge on any atom is -0.543 e. The van der Waals surface area contributed by atoms with Gasteiger partial charge >= 0.3 is 5.97 Å². The molecule has 0 radical (unpaired) electrons. The number of hydrogen-bond donors (Lipinski definition) is 1. The van der Waals surface area contributed by atoms with E-state index in [1.807, 2.05) is 25.4 Å². The first-order valence-corrected chi connectivity index (χ1v) is 16.1. The Hall–Kier alpha value is -3.57. The summed E-state index contributed by atoms with van der Waals surface area (Å²) in [6, 6.07) is 8.53. The summed E-state index contributed by atoms with van der Waals surface area (Å²) in [5, 5.41) is 16.8. The van der Waals surface area contributed by atoms with Crippen LogP contribution in [0.25, 0.3) is 32.9 Å². The predicted octanol–water partition coefficient (Wildman–Crippen LogP) is 7.42. The van der Waals surface area contributed by atoms with E-state index in [0.717, 1.165) is 56.4 Å². The van der Waals surface area contributed by atoms with Gasteiger partial charge in [0.05, 0.1) is 28.9 Å². The highest BCUT2D eigenvalue weighted by atomic mass is 28.4. The van der Waals surface area contributed by atoms with Gasteiger partial charge < -0.3 is 14.1 Å². The third-order valence-electron chi connectivity index (χ3n) is 8.50. The number of nitriles is 1. The molecule has 2 aromatic carbocycles. The van der Waals surface area contributed by atoms with E-state index in [4.69, 9.17) is 9.16 Å². The summed E-state index contributed by atoms with van der Waals surface area (Å²) in [5.41, 5.74) is 7.40. The van der Waals surface area contributed by atoms with Gasteiger partial charge in [0, 0.05) is 40.7 Å². The predicted molar refractivity (Wildman–Crippen MR) is 158 cm³/mol. The van der Waals surface area contributed by atoms with Crippen LogP contribution in [-0.4, -0.2) is 35.7 Å². The average molecular weight is 543 g/mol. The Labute approximate surface area is 231 Å². The summed E-state index contributed by atoms with van der Waals surface area (Å²) in [6.45, 7) is 15.7. The largest absolute Gasteiger partial charge is 0.543 e. The third kappa shape index (κ3) is 4.06. The standard InChI is InChI=1S/C31H38N4O3Si/c1-9-37-31(36)29-23(15-32)28-22-14-20(38-39(17(2)3,18(4)5)19(6)7)10-12-25(22)33-30(28)21-11-13-26-24(27(21)29)16-35(8)34-26/h10,12,14,16-19,33H,9,11,13H2,1-8H3. The van der Waals surface area contributed by atoms with Gasteiger partial charge in [0.1, 0.15) is 11.8 Å². The maximum absolute atomic E-state index is 13.5. The molecule has 2 heterocycles. The number of aromatic nitrogens is 3. The Kier molecular flexibility index (Phi) is 6.84. The summed E-state index contributed by atoms with van der Waals surface area (Å²) >= 11 is 0. The van der Waals surface area contributed by atoms with Gasteiger partial charge in [-0.15, -0.1) is 0 Å². The molecule has 0 saturated heterocycles. The van der Waals surface area contributed by atoms with E-state index in [-0.39, 0.29) is 6.61 Å². The van der Waals surface area contributed by atoms with Gasteiger partial charge in [-0.2, -0.15) is 10.4 Å². The highest BCUT2D eigenvalue weighted by molar-refractivity contribution is 6.78. The fraction of sp³-hybridized carbons (Fsp3) is 0.452. The Balaban J connectivity index is 1.82. The van der Waals surface area contributed by atoms with Crippen molar-refractivity contribution >= 4 is 36.1 Å². The van der Waals surface area contributed by atoms with Crippen LogP contribution in [0.15, 0.2) is 24.4 Å². The van der Waals surface area contributed by atoms with Crippen LogP contribution in [-0.2, 0) is 24.6 Å². The Morgan fingerprint density at radius 3 is 2.46 bits per heavy atom. The second-order valence-electron chi connectivity index (χ2n) is 11.6. The molecular weight excluding hydrogens is 504 g/mol. The van der Waals surface area contributed by atoms with Gasteiger partial charge in [0.25, 0.3) is 8.32 Å². The van der Waals surface area contributed by atoms with Crippen LogP contribution in [0.3, 0.4) is 0 Å². The molecule has 39 heavy (non-hydrogen) atoms. The first-order valence-electron chi connectivity index (χ1n) is 14.0. The molecule has 0 fully saturated rings. The van der Waals surface area contributed by atoms with Gasteiger partial charge in [0.2, 0.25) is 0 Å². The molecule has 1 N–H and O–H groups in total. The monoisotopic (exact) mass is 542 g/mol. The van der Waals surface area contributed by atoms with Crippen molar-refractivity contribution in [2.24, 2.45) is 7.05 Å². The molecule has 2 aromatic heterocycles. The fourth-order valence-electron chi connectivity index (χ4n) is 7.04. The quantitative estimate of drug-likeness (QED) is 0.194. The van der Waals surface area contributed by atoms with Crippen LogP contribution < -0.4 is 4.43 Å². The first kappa shape index (κ1) is 27.0. The van der Waals surface area contributed by atoms with Crippen molar-refractivity contribution in [2.75, 3.05) is 6.61 Å². The van der Waals surface area contributed by atoms with Crippen molar-refractivity contribution < 1.29 is 14.0 Å². The number of nitrogens with one attached hydrogen (secondary N) is 1. The Morgan fingerprint density at radius 2 is 1.85 bits per heavy atom. The van der Waals surface area contributed by atoms with E-state index in [0.29, 0.717) is 34.2 Å². The van der Waals surface area contributed by atoms with E-state index in [1.54, 1.807) is 11.6 Å². The lowest BCUT2D eigenvalue weighted by Gasteiger charge is -2.42. The number of hydrogen-bond acceptors (Lipinski definition) is 5. The van der Waals surface area contributed by atoms with Gasteiger partial charge in [-0.25, -0.2) is 4.79 Å². The highest BCUT2D eigenvalue weighted by Crippen LogP contribution is 2.46. The number of carbonyl (C=O) groups is 1. The van der Waals surface area contributed by atoms with Crippen LogP contribution >= 0.6 is 0 Å². The average Bonchev–Trinajstić information content (AvgIpc) is 3.45. The third-order valence-corrected chi connectivity index (χ3v) is 14.5. The lowest BCUT2D eigenvalue weighted by atomic mass is 9.82. The summed E-state index contributed by atoms with van der Waals surface area (Å²) in [5.74, 6) is 0.344. The molecule has 0 amide bonds. The molecule has 0 unspecified atom stereocenters. The fourth-order valence-corrected chi connectivity index (χ4v) is 12.3. The molecule has 204 valence electrons. The second-order valence-corrected chi connectivity index (χ2v) is 17.0. The van der Waals surface area contributed by atoms with E-state index < -0.39 is 14.3 Å². The molecule has 7 nitrogen and oxygen atoms in total. The van der Waals surface area contributed by atoms with Gasteiger partial charge in [-0.05, 0) is 60.2 Å². The maximum Gasteiger partial charge on any atom is 0.340 e. The molecule has 8 heteroatoms. The van der Waals surface area contributed by atoms with Crippen molar-refractivity contribution in [1.82, 2.24) is 14.8 Å². The zero-order valence-electron chi connectivity index (χ0n) is 24.2. The number of nitrogens with zero attached hydrogens (tertiary/aromatic N) is 3. The van der Waals surface area contributed by atoms with Crippen LogP contribution in [0, 0.1) is 11.3 Å². The molecule has 0 bridgehead atoms. The summed E-state index contributed by atoms with van der Waals surface area (Å²) in [6.07, 6.45) is 3.42. The SMILES string of the molecule is CCOC(=O)c1c2c(c3[nH]c4ccc(O[Si](C(C)C)(C(C)C)C(C)C)cc4c3c1C#N)CCc1nn(C)cc1-2. The topological polar surface area (TPSA) is 92.9 Å². The number of fused-ring (bicyclic) bond motifs is 7. The molecule has 0 aliphatic heterocycles. The lowest BCUT2D eigenvalue weighted by Crippen LogP contribution is -2.50. The number of H-pyrrole nitrogens is 1. The summed E-state index contributed by atoms with van der Waals surface area (Å²) < 4.78 is 14.3. The molecule has 0 spiro atoms. The molecule has 0 atom stereocenters. The number of carbonyl (C=O) groups excluding carboxylic acids is 1. The van der Waals surface area contributed by atoms with Crippen LogP contribution in [0.5, 0.6) is 5.75 Å². The van der Waals surface area contributed by atoms with Crippen LogP contribution in [0.1, 0.15) is 75.6 Å².